The van der Waals surface area contributed by atoms with Crippen LogP contribution in [0.3, 0.4) is 0 Å². The lowest BCUT2D eigenvalue weighted by Crippen LogP contribution is -2.41. The van der Waals surface area contributed by atoms with Crippen molar-refractivity contribution < 1.29 is 4.79 Å². The van der Waals surface area contributed by atoms with Gasteiger partial charge in [-0.2, -0.15) is 0 Å². The second kappa shape index (κ2) is 8.12. The molecule has 4 aromatic rings. The molecule has 0 radical (unpaired) electrons. The van der Waals surface area contributed by atoms with E-state index in [2.05, 4.69) is 5.32 Å². The van der Waals surface area contributed by atoms with E-state index in [0.29, 0.717) is 22.4 Å². The fourth-order valence-corrected chi connectivity index (χ4v) is 4.20. The summed E-state index contributed by atoms with van der Waals surface area (Å²) in [5.41, 5.74) is 3.05. The SMILES string of the molecule is Cc1ccc(CNC(=O)Cn2c(=O)n(-c3ccccc3C)c(=O)c3sccc32)cc1. The van der Waals surface area contributed by atoms with Crippen LogP contribution in [-0.2, 0) is 17.9 Å². The van der Waals surface area contributed by atoms with Gasteiger partial charge in [0, 0.05) is 6.54 Å². The molecule has 0 aliphatic rings. The second-order valence-electron chi connectivity index (χ2n) is 7.19. The number of aryl methyl sites for hydroxylation is 2. The molecule has 0 saturated heterocycles. The number of nitrogens with zero attached hydrogens (tertiary/aromatic N) is 2. The lowest BCUT2D eigenvalue weighted by molar-refractivity contribution is -0.121. The van der Waals surface area contributed by atoms with Crippen LogP contribution < -0.4 is 16.6 Å². The van der Waals surface area contributed by atoms with Crippen LogP contribution >= 0.6 is 11.3 Å². The van der Waals surface area contributed by atoms with E-state index in [1.165, 1.54) is 15.9 Å². The van der Waals surface area contributed by atoms with Gasteiger partial charge in [0.25, 0.3) is 5.56 Å². The average molecular weight is 420 g/mol. The predicted molar refractivity (Wildman–Crippen MR) is 119 cm³/mol. The Hall–Kier alpha value is -3.45. The Kier molecular flexibility index (Phi) is 5.37. The Bertz CT molecular complexity index is 1350. The van der Waals surface area contributed by atoms with Crippen molar-refractivity contribution in [2.45, 2.75) is 26.9 Å². The lowest BCUT2D eigenvalue weighted by Gasteiger charge is -2.14. The summed E-state index contributed by atoms with van der Waals surface area (Å²) in [5, 5.41) is 4.61. The first-order valence-corrected chi connectivity index (χ1v) is 10.4. The zero-order valence-electron chi connectivity index (χ0n) is 16.7. The number of hydrogen-bond donors (Lipinski definition) is 1. The Labute approximate surface area is 177 Å². The third-order valence-corrected chi connectivity index (χ3v) is 5.91. The number of amides is 1. The average Bonchev–Trinajstić information content (AvgIpc) is 3.22. The number of thiophene rings is 1. The Morgan fingerprint density at radius 2 is 1.73 bits per heavy atom. The van der Waals surface area contributed by atoms with Gasteiger partial charge in [-0.25, -0.2) is 9.36 Å². The smallest absolute Gasteiger partial charge is 0.336 e. The third kappa shape index (κ3) is 3.71. The number of aromatic nitrogens is 2. The van der Waals surface area contributed by atoms with Gasteiger partial charge < -0.3 is 5.32 Å². The predicted octanol–water partition coefficient (Wildman–Crippen LogP) is 3.15. The van der Waals surface area contributed by atoms with Gasteiger partial charge in [-0.3, -0.25) is 14.2 Å². The van der Waals surface area contributed by atoms with E-state index >= 15 is 0 Å². The highest BCUT2D eigenvalue weighted by molar-refractivity contribution is 7.17. The number of para-hydroxylation sites is 1. The van der Waals surface area contributed by atoms with E-state index in [1.54, 1.807) is 23.6 Å². The van der Waals surface area contributed by atoms with Crippen molar-refractivity contribution in [3.63, 3.8) is 0 Å². The van der Waals surface area contributed by atoms with E-state index in [1.807, 2.05) is 50.2 Å². The normalized spacial score (nSPS) is 11.0. The maximum Gasteiger partial charge on any atom is 0.336 e. The molecule has 0 aliphatic carbocycles. The molecule has 152 valence electrons. The Morgan fingerprint density at radius 1 is 1.00 bits per heavy atom. The maximum atomic E-state index is 13.3. The Morgan fingerprint density at radius 3 is 2.47 bits per heavy atom. The molecular formula is C23H21N3O3S. The third-order valence-electron chi connectivity index (χ3n) is 5.02. The van der Waals surface area contributed by atoms with Gasteiger partial charge in [0.2, 0.25) is 5.91 Å². The van der Waals surface area contributed by atoms with Crippen LogP contribution in [0.25, 0.3) is 15.9 Å². The standard InChI is InChI=1S/C23H21N3O3S/c1-15-7-9-17(10-8-15)13-24-20(27)14-25-19-11-12-30-21(19)22(28)26(23(25)29)18-6-4-3-5-16(18)2/h3-12H,13-14H2,1-2H3,(H,24,27). The molecule has 1 amide bonds. The van der Waals surface area contributed by atoms with E-state index in [4.69, 9.17) is 0 Å². The molecule has 30 heavy (non-hydrogen) atoms. The summed E-state index contributed by atoms with van der Waals surface area (Å²) in [7, 11) is 0. The topological polar surface area (TPSA) is 73.1 Å². The molecule has 0 aliphatic heterocycles. The highest BCUT2D eigenvalue weighted by Gasteiger charge is 2.18. The molecule has 0 saturated carbocycles. The minimum atomic E-state index is -0.523. The number of carbonyl (C=O) groups excluding carboxylic acids is 1. The first-order chi connectivity index (χ1) is 14.5. The fourth-order valence-electron chi connectivity index (χ4n) is 3.37. The molecule has 2 aromatic carbocycles. The number of carbonyl (C=O) groups is 1. The summed E-state index contributed by atoms with van der Waals surface area (Å²) < 4.78 is 2.97. The molecule has 1 N–H and O–H groups in total. The van der Waals surface area contributed by atoms with Gasteiger partial charge >= 0.3 is 5.69 Å². The lowest BCUT2D eigenvalue weighted by atomic mass is 10.1. The van der Waals surface area contributed by atoms with Gasteiger partial charge in [-0.1, -0.05) is 48.0 Å². The summed E-state index contributed by atoms with van der Waals surface area (Å²) in [6, 6.07) is 16.8. The zero-order chi connectivity index (χ0) is 21.3. The molecule has 0 atom stereocenters. The molecule has 0 fully saturated rings. The van der Waals surface area contributed by atoms with Crippen molar-refractivity contribution in [1.82, 2.24) is 14.5 Å². The van der Waals surface area contributed by atoms with Crippen LogP contribution in [0.15, 0.2) is 69.6 Å². The number of benzene rings is 2. The first kappa shape index (κ1) is 19.8. The van der Waals surface area contributed by atoms with Crippen LogP contribution in [0, 0.1) is 13.8 Å². The molecule has 2 heterocycles. The van der Waals surface area contributed by atoms with Crippen LogP contribution in [-0.4, -0.2) is 15.0 Å². The summed E-state index contributed by atoms with van der Waals surface area (Å²) in [5.74, 6) is -0.292. The molecule has 0 unspecified atom stereocenters. The summed E-state index contributed by atoms with van der Waals surface area (Å²) in [6.07, 6.45) is 0. The number of fused-ring (bicyclic) bond motifs is 1. The largest absolute Gasteiger partial charge is 0.350 e. The maximum absolute atomic E-state index is 13.3. The highest BCUT2D eigenvalue weighted by atomic mass is 32.1. The van der Waals surface area contributed by atoms with Crippen molar-refractivity contribution in [3.8, 4) is 5.69 Å². The van der Waals surface area contributed by atoms with E-state index < -0.39 is 5.69 Å². The van der Waals surface area contributed by atoms with Crippen LogP contribution in [0.5, 0.6) is 0 Å². The van der Waals surface area contributed by atoms with Gasteiger partial charge in [0.1, 0.15) is 11.2 Å². The minimum absolute atomic E-state index is 0.163. The van der Waals surface area contributed by atoms with Crippen LogP contribution in [0.4, 0.5) is 0 Å². The monoisotopic (exact) mass is 419 g/mol. The molecule has 0 spiro atoms. The van der Waals surface area contributed by atoms with Crippen molar-refractivity contribution >= 4 is 27.5 Å². The molecule has 2 aromatic heterocycles. The summed E-state index contributed by atoms with van der Waals surface area (Å²) >= 11 is 1.27. The first-order valence-electron chi connectivity index (χ1n) is 9.57. The molecule has 0 bridgehead atoms. The number of hydrogen-bond acceptors (Lipinski definition) is 4. The number of nitrogens with one attached hydrogen (secondary N) is 1. The van der Waals surface area contributed by atoms with Crippen molar-refractivity contribution in [2.75, 3.05) is 0 Å². The quantitative estimate of drug-likeness (QED) is 0.540. The van der Waals surface area contributed by atoms with Crippen molar-refractivity contribution in [2.24, 2.45) is 0 Å². The van der Waals surface area contributed by atoms with Gasteiger partial charge in [0.05, 0.1) is 11.2 Å². The number of rotatable bonds is 5. The van der Waals surface area contributed by atoms with Crippen LogP contribution in [0.2, 0.25) is 0 Å². The van der Waals surface area contributed by atoms with Crippen LogP contribution in [0.1, 0.15) is 16.7 Å². The van der Waals surface area contributed by atoms with Gasteiger partial charge in [-0.05, 0) is 42.5 Å². The molecular weight excluding hydrogens is 398 g/mol. The van der Waals surface area contributed by atoms with Crippen molar-refractivity contribution in [3.05, 3.63) is 97.5 Å². The zero-order valence-corrected chi connectivity index (χ0v) is 17.5. The molecule has 6 nitrogen and oxygen atoms in total. The molecule has 7 heteroatoms. The summed E-state index contributed by atoms with van der Waals surface area (Å²) in [6.45, 7) is 4.06. The van der Waals surface area contributed by atoms with Gasteiger partial charge in [0.15, 0.2) is 0 Å². The fraction of sp³-hybridized carbons (Fsp3) is 0.174. The summed E-state index contributed by atoms with van der Waals surface area (Å²) in [4.78, 5) is 38.9. The van der Waals surface area contributed by atoms with E-state index in [0.717, 1.165) is 21.3 Å². The van der Waals surface area contributed by atoms with E-state index in [9.17, 15) is 14.4 Å². The second-order valence-corrected chi connectivity index (χ2v) is 8.11. The minimum Gasteiger partial charge on any atom is -0.350 e. The van der Waals surface area contributed by atoms with E-state index in [-0.39, 0.29) is 18.0 Å². The van der Waals surface area contributed by atoms with Gasteiger partial charge in [-0.15, -0.1) is 11.3 Å². The highest BCUT2D eigenvalue weighted by Crippen LogP contribution is 2.17. The Balaban J connectivity index is 1.70. The van der Waals surface area contributed by atoms with Crippen molar-refractivity contribution in [1.29, 1.82) is 0 Å². The molecule has 4 rings (SSSR count).